The highest BCUT2D eigenvalue weighted by Gasteiger charge is 2.25. The molecule has 0 saturated carbocycles. The van der Waals surface area contributed by atoms with E-state index < -0.39 is 0 Å². The maximum atomic E-state index is 5.66. The summed E-state index contributed by atoms with van der Waals surface area (Å²) in [7, 11) is 0. The Kier molecular flexibility index (Phi) is 2.82. The lowest BCUT2D eigenvalue weighted by Crippen LogP contribution is -2.21. The Hall–Kier alpha value is -0.890. The van der Waals surface area contributed by atoms with Crippen molar-refractivity contribution >= 4 is 0 Å². The molecule has 1 aromatic heterocycles. The molecule has 0 aliphatic heterocycles. The molecule has 0 bridgehead atoms. The van der Waals surface area contributed by atoms with Crippen LogP contribution in [0.3, 0.4) is 0 Å². The van der Waals surface area contributed by atoms with E-state index in [9.17, 15) is 0 Å². The van der Waals surface area contributed by atoms with Crippen LogP contribution in [0.15, 0.2) is 18.5 Å². The van der Waals surface area contributed by atoms with Gasteiger partial charge in [-0.25, -0.2) is 0 Å². The lowest BCUT2D eigenvalue weighted by atomic mass is 9.75. The second-order valence-corrected chi connectivity index (χ2v) is 4.27. The van der Waals surface area contributed by atoms with E-state index in [-0.39, 0.29) is 0 Å². The SMILES string of the molecule is CC1CCc2cnccc2C1CCN. The van der Waals surface area contributed by atoms with Gasteiger partial charge < -0.3 is 5.73 Å². The minimum Gasteiger partial charge on any atom is -0.330 e. The predicted octanol–water partition coefficient (Wildman–Crippen LogP) is 2.10. The third-order valence-electron chi connectivity index (χ3n) is 3.37. The molecule has 2 nitrogen and oxygen atoms in total. The van der Waals surface area contributed by atoms with Crippen molar-refractivity contribution in [1.29, 1.82) is 0 Å². The molecule has 0 aromatic carbocycles. The summed E-state index contributed by atoms with van der Waals surface area (Å²) in [5.41, 5.74) is 8.59. The number of aromatic nitrogens is 1. The van der Waals surface area contributed by atoms with Crippen molar-refractivity contribution in [2.75, 3.05) is 6.54 Å². The Morgan fingerprint density at radius 1 is 1.57 bits per heavy atom. The van der Waals surface area contributed by atoms with Crippen molar-refractivity contribution < 1.29 is 0 Å². The predicted molar refractivity (Wildman–Crippen MR) is 58.1 cm³/mol. The summed E-state index contributed by atoms with van der Waals surface area (Å²) >= 11 is 0. The van der Waals surface area contributed by atoms with Crippen LogP contribution in [0, 0.1) is 5.92 Å². The number of aryl methyl sites for hydroxylation is 1. The fourth-order valence-corrected chi connectivity index (χ4v) is 2.52. The highest BCUT2D eigenvalue weighted by Crippen LogP contribution is 2.37. The molecule has 1 aliphatic carbocycles. The second-order valence-electron chi connectivity index (χ2n) is 4.27. The Morgan fingerprint density at radius 3 is 3.21 bits per heavy atom. The average Bonchev–Trinajstić information content (AvgIpc) is 2.23. The van der Waals surface area contributed by atoms with Gasteiger partial charge in [0.2, 0.25) is 0 Å². The molecular weight excluding hydrogens is 172 g/mol. The van der Waals surface area contributed by atoms with Gasteiger partial charge in [0.1, 0.15) is 0 Å². The zero-order valence-electron chi connectivity index (χ0n) is 8.74. The summed E-state index contributed by atoms with van der Waals surface area (Å²) in [4.78, 5) is 4.19. The van der Waals surface area contributed by atoms with E-state index in [1.54, 1.807) is 0 Å². The molecule has 1 aromatic rings. The molecule has 2 atom stereocenters. The standard InChI is InChI=1S/C12H18N2/c1-9-2-3-10-8-14-7-5-12(10)11(9)4-6-13/h5,7-9,11H,2-4,6,13H2,1H3. The van der Waals surface area contributed by atoms with Crippen LogP contribution in [-0.4, -0.2) is 11.5 Å². The number of nitrogens with two attached hydrogens (primary N) is 1. The smallest absolute Gasteiger partial charge is 0.0302 e. The molecule has 76 valence electrons. The van der Waals surface area contributed by atoms with Gasteiger partial charge in [-0.3, -0.25) is 4.98 Å². The van der Waals surface area contributed by atoms with Crippen LogP contribution >= 0.6 is 0 Å². The lowest BCUT2D eigenvalue weighted by molar-refractivity contribution is 0.386. The molecule has 0 fully saturated rings. The average molecular weight is 190 g/mol. The Bertz CT molecular complexity index is 309. The first-order chi connectivity index (χ1) is 6.83. The Balaban J connectivity index is 2.31. The molecule has 0 radical (unpaired) electrons. The summed E-state index contributed by atoms with van der Waals surface area (Å²) in [6.07, 6.45) is 7.50. The van der Waals surface area contributed by atoms with Gasteiger partial charge in [-0.15, -0.1) is 0 Å². The summed E-state index contributed by atoms with van der Waals surface area (Å²) in [6.45, 7) is 3.13. The van der Waals surface area contributed by atoms with Crippen LogP contribution in [0.4, 0.5) is 0 Å². The van der Waals surface area contributed by atoms with Crippen LogP contribution in [0.25, 0.3) is 0 Å². The zero-order valence-corrected chi connectivity index (χ0v) is 8.74. The highest BCUT2D eigenvalue weighted by molar-refractivity contribution is 5.30. The fraction of sp³-hybridized carbons (Fsp3) is 0.583. The van der Waals surface area contributed by atoms with Crippen molar-refractivity contribution in [3.63, 3.8) is 0 Å². The summed E-state index contributed by atoms with van der Waals surface area (Å²) < 4.78 is 0. The summed E-state index contributed by atoms with van der Waals surface area (Å²) in [5, 5.41) is 0. The van der Waals surface area contributed by atoms with Gasteiger partial charge in [0, 0.05) is 12.4 Å². The van der Waals surface area contributed by atoms with Crippen LogP contribution < -0.4 is 5.73 Å². The van der Waals surface area contributed by atoms with E-state index in [0.717, 1.165) is 18.9 Å². The van der Waals surface area contributed by atoms with Crippen molar-refractivity contribution in [1.82, 2.24) is 4.98 Å². The molecular formula is C12H18N2. The lowest BCUT2D eigenvalue weighted by Gasteiger charge is -2.30. The monoisotopic (exact) mass is 190 g/mol. The highest BCUT2D eigenvalue weighted by atomic mass is 14.6. The first-order valence-electron chi connectivity index (χ1n) is 5.45. The van der Waals surface area contributed by atoms with E-state index in [4.69, 9.17) is 5.73 Å². The topological polar surface area (TPSA) is 38.9 Å². The van der Waals surface area contributed by atoms with Gasteiger partial charge in [-0.1, -0.05) is 6.92 Å². The van der Waals surface area contributed by atoms with Crippen molar-refractivity contribution in [3.8, 4) is 0 Å². The van der Waals surface area contributed by atoms with E-state index in [1.165, 1.54) is 24.0 Å². The molecule has 0 amide bonds. The Morgan fingerprint density at radius 2 is 2.43 bits per heavy atom. The summed E-state index contributed by atoms with van der Waals surface area (Å²) in [5.74, 6) is 1.43. The van der Waals surface area contributed by atoms with Gasteiger partial charge in [-0.2, -0.15) is 0 Å². The van der Waals surface area contributed by atoms with Crippen molar-refractivity contribution in [2.24, 2.45) is 11.7 Å². The first-order valence-corrected chi connectivity index (χ1v) is 5.45. The van der Waals surface area contributed by atoms with Gasteiger partial charge in [0.25, 0.3) is 0 Å². The van der Waals surface area contributed by atoms with Gasteiger partial charge in [0.15, 0.2) is 0 Å². The largest absolute Gasteiger partial charge is 0.330 e. The number of rotatable bonds is 2. The molecule has 14 heavy (non-hydrogen) atoms. The quantitative estimate of drug-likeness (QED) is 0.775. The third kappa shape index (κ3) is 1.67. The normalized spacial score (nSPS) is 25.9. The van der Waals surface area contributed by atoms with Gasteiger partial charge in [0.05, 0.1) is 0 Å². The molecule has 0 spiro atoms. The van der Waals surface area contributed by atoms with Crippen LogP contribution in [0.2, 0.25) is 0 Å². The molecule has 2 N–H and O–H groups in total. The summed E-state index contributed by atoms with van der Waals surface area (Å²) in [6, 6.07) is 2.17. The van der Waals surface area contributed by atoms with E-state index in [2.05, 4.69) is 18.0 Å². The number of hydrogen-bond donors (Lipinski definition) is 1. The van der Waals surface area contributed by atoms with E-state index in [0.29, 0.717) is 5.92 Å². The third-order valence-corrected chi connectivity index (χ3v) is 3.37. The maximum absolute atomic E-state index is 5.66. The van der Waals surface area contributed by atoms with Crippen molar-refractivity contribution in [3.05, 3.63) is 29.6 Å². The zero-order chi connectivity index (χ0) is 9.97. The molecule has 2 heteroatoms. The number of hydrogen-bond acceptors (Lipinski definition) is 2. The van der Waals surface area contributed by atoms with Gasteiger partial charge >= 0.3 is 0 Å². The van der Waals surface area contributed by atoms with Gasteiger partial charge in [-0.05, 0) is 54.8 Å². The van der Waals surface area contributed by atoms with E-state index in [1.807, 2.05) is 12.4 Å². The van der Waals surface area contributed by atoms with E-state index >= 15 is 0 Å². The van der Waals surface area contributed by atoms with Crippen LogP contribution in [0.5, 0.6) is 0 Å². The first kappa shape index (κ1) is 9.66. The minimum absolute atomic E-state index is 0.659. The number of pyridine rings is 1. The molecule has 0 saturated heterocycles. The molecule has 2 rings (SSSR count). The second kappa shape index (κ2) is 4.09. The molecule has 1 aliphatic rings. The Labute approximate surface area is 85.5 Å². The maximum Gasteiger partial charge on any atom is 0.0302 e. The number of nitrogens with zero attached hydrogens (tertiary/aromatic N) is 1. The number of fused-ring (bicyclic) bond motifs is 1. The minimum atomic E-state index is 0.659. The van der Waals surface area contributed by atoms with Crippen LogP contribution in [0.1, 0.15) is 36.8 Å². The van der Waals surface area contributed by atoms with Crippen LogP contribution in [-0.2, 0) is 6.42 Å². The molecule has 2 unspecified atom stereocenters. The fourth-order valence-electron chi connectivity index (χ4n) is 2.52. The van der Waals surface area contributed by atoms with Crippen molar-refractivity contribution in [2.45, 2.75) is 32.1 Å². The molecule has 1 heterocycles.